The Kier molecular flexibility index (Phi) is 2.98. The summed E-state index contributed by atoms with van der Waals surface area (Å²) in [5, 5.41) is 50.8. The number of nitrogens with one attached hydrogen (secondary N) is 2. The molecule has 1 aliphatic heterocycles. The third-order valence-corrected chi connectivity index (χ3v) is 3.55. The van der Waals surface area contributed by atoms with Crippen molar-refractivity contribution in [1.29, 1.82) is 0 Å². The Morgan fingerprint density at radius 3 is 2.55 bits per heavy atom. The zero-order valence-corrected chi connectivity index (χ0v) is 10.2. The fourth-order valence-corrected chi connectivity index (χ4v) is 2.53. The van der Waals surface area contributed by atoms with Gasteiger partial charge in [0.1, 0.15) is 17.1 Å². The Labute approximate surface area is 112 Å². The molecule has 0 aromatic carbocycles. The largest absolute Gasteiger partial charge is 0.492 e. The lowest BCUT2D eigenvalue weighted by molar-refractivity contribution is 0.0196. The second-order valence-corrected chi connectivity index (χ2v) is 4.73. The van der Waals surface area contributed by atoms with E-state index >= 15 is 0 Å². The third-order valence-electron chi connectivity index (χ3n) is 3.55. The number of hydrogen-bond donors (Lipinski definition) is 7. The number of aromatic hydroxyl groups is 2. The molecule has 9 nitrogen and oxygen atoms in total. The van der Waals surface area contributed by atoms with Crippen LogP contribution in [0.3, 0.4) is 0 Å². The van der Waals surface area contributed by atoms with Crippen LogP contribution in [0, 0.1) is 0 Å². The zero-order chi connectivity index (χ0) is 14.4. The quantitative estimate of drug-likeness (QED) is 0.337. The van der Waals surface area contributed by atoms with Crippen LogP contribution in [-0.2, 0) is 0 Å². The molecule has 0 bridgehead atoms. The SMILES string of the molecule is OC[C@H]1N[C@@H](c2c[nH]c3c(O)nc(O)nc23)[C@H](O)[C@@H]1O. The van der Waals surface area contributed by atoms with Crippen molar-refractivity contribution in [3.8, 4) is 11.9 Å². The van der Waals surface area contributed by atoms with E-state index in [0.717, 1.165) is 0 Å². The lowest BCUT2D eigenvalue weighted by Crippen LogP contribution is -2.35. The van der Waals surface area contributed by atoms with Gasteiger partial charge >= 0.3 is 6.01 Å². The number of nitrogens with zero attached hydrogens (tertiary/aromatic N) is 2. The summed E-state index contributed by atoms with van der Waals surface area (Å²) in [7, 11) is 0. The summed E-state index contributed by atoms with van der Waals surface area (Å²) in [6, 6.07) is -1.95. The summed E-state index contributed by atoms with van der Waals surface area (Å²) >= 11 is 0. The van der Waals surface area contributed by atoms with Crippen molar-refractivity contribution in [2.45, 2.75) is 24.3 Å². The van der Waals surface area contributed by atoms with Crippen molar-refractivity contribution < 1.29 is 25.5 Å². The van der Waals surface area contributed by atoms with Gasteiger partial charge < -0.3 is 35.8 Å². The van der Waals surface area contributed by atoms with Gasteiger partial charge in [0.05, 0.1) is 24.8 Å². The molecule has 0 amide bonds. The van der Waals surface area contributed by atoms with Gasteiger partial charge in [-0.15, -0.1) is 0 Å². The molecule has 4 atom stereocenters. The van der Waals surface area contributed by atoms with Crippen molar-refractivity contribution >= 4 is 11.0 Å². The van der Waals surface area contributed by atoms with E-state index in [1.807, 2.05) is 0 Å². The Morgan fingerprint density at radius 2 is 1.90 bits per heavy atom. The van der Waals surface area contributed by atoms with Gasteiger partial charge in [0.15, 0.2) is 0 Å². The van der Waals surface area contributed by atoms with E-state index in [9.17, 15) is 20.4 Å². The fraction of sp³-hybridized carbons (Fsp3) is 0.455. The number of aromatic nitrogens is 3. The van der Waals surface area contributed by atoms with Gasteiger partial charge in [-0.2, -0.15) is 9.97 Å². The summed E-state index contributed by atoms with van der Waals surface area (Å²) in [5.74, 6) is -0.412. The molecule has 0 spiro atoms. The Bertz CT molecular complexity index is 645. The molecule has 0 saturated carbocycles. The van der Waals surface area contributed by atoms with Crippen molar-refractivity contribution in [1.82, 2.24) is 20.3 Å². The summed E-state index contributed by atoms with van der Waals surface area (Å²) in [4.78, 5) is 9.96. The number of H-pyrrole nitrogens is 1. The maximum atomic E-state index is 10.0. The first kappa shape index (κ1) is 13.1. The molecule has 0 aliphatic carbocycles. The molecule has 20 heavy (non-hydrogen) atoms. The minimum Gasteiger partial charge on any atom is -0.492 e. The van der Waals surface area contributed by atoms with Gasteiger partial charge in [-0.05, 0) is 0 Å². The van der Waals surface area contributed by atoms with Gasteiger partial charge in [0, 0.05) is 11.8 Å². The highest BCUT2D eigenvalue weighted by molar-refractivity contribution is 5.83. The molecule has 2 aromatic rings. The number of aliphatic hydroxyl groups excluding tert-OH is 3. The summed E-state index contributed by atoms with van der Waals surface area (Å²) in [6.07, 6.45) is -0.782. The average molecular weight is 282 g/mol. The Morgan fingerprint density at radius 1 is 1.15 bits per heavy atom. The lowest BCUT2D eigenvalue weighted by atomic mass is 10.0. The average Bonchev–Trinajstić information content (AvgIpc) is 2.93. The van der Waals surface area contributed by atoms with Crippen LogP contribution < -0.4 is 5.32 Å². The number of aromatic amines is 1. The topological polar surface area (TPSA) is 155 Å². The predicted molar refractivity (Wildman–Crippen MR) is 66.0 cm³/mol. The van der Waals surface area contributed by atoms with Gasteiger partial charge in [-0.1, -0.05) is 0 Å². The molecule has 108 valence electrons. The van der Waals surface area contributed by atoms with Crippen LogP contribution in [0.5, 0.6) is 11.9 Å². The third kappa shape index (κ3) is 1.79. The van der Waals surface area contributed by atoms with Crippen LogP contribution in [0.4, 0.5) is 0 Å². The first-order valence-corrected chi connectivity index (χ1v) is 6.03. The minimum absolute atomic E-state index is 0.216. The van der Waals surface area contributed by atoms with E-state index in [1.54, 1.807) is 0 Å². The van der Waals surface area contributed by atoms with E-state index in [0.29, 0.717) is 5.56 Å². The van der Waals surface area contributed by atoms with Crippen molar-refractivity contribution in [3.63, 3.8) is 0 Å². The normalized spacial score (nSPS) is 30.1. The molecule has 0 radical (unpaired) electrons. The van der Waals surface area contributed by atoms with Crippen LogP contribution in [0.2, 0.25) is 0 Å². The highest BCUT2D eigenvalue weighted by atomic mass is 16.3. The van der Waals surface area contributed by atoms with E-state index in [4.69, 9.17) is 5.11 Å². The van der Waals surface area contributed by atoms with Gasteiger partial charge in [0.25, 0.3) is 0 Å². The van der Waals surface area contributed by atoms with Crippen LogP contribution in [-0.4, -0.2) is 65.3 Å². The molecule has 9 heteroatoms. The molecule has 2 aromatic heterocycles. The van der Waals surface area contributed by atoms with Crippen LogP contribution in [0.15, 0.2) is 6.20 Å². The van der Waals surface area contributed by atoms with Crippen LogP contribution in [0.1, 0.15) is 11.6 Å². The van der Waals surface area contributed by atoms with Gasteiger partial charge in [-0.25, -0.2) is 0 Å². The monoisotopic (exact) mass is 282 g/mol. The van der Waals surface area contributed by atoms with Crippen molar-refractivity contribution in [2.24, 2.45) is 0 Å². The first-order chi connectivity index (χ1) is 9.52. The Balaban J connectivity index is 2.07. The molecule has 1 fully saturated rings. The smallest absolute Gasteiger partial charge is 0.317 e. The summed E-state index contributed by atoms with van der Waals surface area (Å²) in [6.45, 7) is -0.331. The molecule has 3 rings (SSSR count). The zero-order valence-electron chi connectivity index (χ0n) is 10.2. The minimum atomic E-state index is -1.15. The van der Waals surface area contributed by atoms with E-state index < -0.39 is 36.2 Å². The van der Waals surface area contributed by atoms with Gasteiger partial charge in [-0.3, -0.25) is 0 Å². The van der Waals surface area contributed by atoms with Crippen molar-refractivity contribution in [3.05, 3.63) is 11.8 Å². The molecule has 1 aliphatic rings. The molecular weight excluding hydrogens is 268 g/mol. The number of aliphatic hydroxyl groups is 3. The number of fused-ring (bicyclic) bond motifs is 1. The molecule has 3 heterocycles. The van der Waals surface area contributed by atoms with Crippen molar-refractivity contribution in [2.75, 3.05) is 6.61 Å². The first-order valence-electron chi connectivity index (χ1n) is 6.03. The number of hydrogen-bond acceptors (Lipinski definition) is 8. The standard InChI is InChI=1S/C11H14N4O5/c16-2-4-8(17)9(18)6(13-4)3-1-12-7-5(3)14-11(20)15-10(7)19/h1,4,6,8-9,12-13,16-18H,2H2,(H2,14,15,19,20)/t4-,6+,8-,9+/m1/s1. The Hall–Kier alpha value is -1.94. The molecule has 0 unspecified atom stereocenters. The summed E-state index contributed by atoms with van der Waals surface area (Å²) < 4.78 is 0. The summed E-state index contributed by atoms with van der Waals surface area (Å²) in [5.41, 5.74) is 0.904. The highest BCUT2D eigenvalue weighted by Crippen LogP contribution is 2.34. The molecular formula is C11H14N4O5. The van der Waals surface area contributed by atoms with Crippen LogP contribution >= 0.6 is 0 Å². The maximum absolute atomic E-state index is 10.0. The highest BCUT2D eigenvalue weighted by Gasteiger charge is 2.42. The number of rotatable bonds is 2. The van der Waals surface area contributed by atoms with E-state index in [1.165, 1.54) is 6.20 Å². The predicted octanol–water partition coefficient (Wildman–Crippen LogP) is -1.90. The van der Waals surface area contributed by atoms with Crippen LogP contribution in [0.25, 0.3) is 11.0 Å². The molecule has 1 saturated heterocycles. The lowest BCUT2D eigenvalue weighted by Gasteiger charge is -2.14. The van der Waals surface area contributed by atoms with E-state index in [-0.39, 0.29) is 17.6 Å². The second-order valence-electron chi connectivity index (χ2n) is 4.73. The maximum Gasteiger partial charge on any atom is 0.317 e. The van der Waals surface area contributed by atoms with Gasteiger partial charge in [0.2, 0.25) is 5.88 Å². The van der Waals surface area contributed by atoms with E-state index in [2.05, 4.69) is 20.3 Å². The second kappa shape index (κ2) is 4.56. The fourth-order valence-electron chi connectivity index (χ4n) is 2.53. The molecule has 7 N–H and O–H groups in total.